The molecule has 1 aromatic carbocycles. The van der Waals surface area contributed by atoms with Crippen molar-refractivity contribution < 1.29 is 9.53 Å². The highest BCUT2D eigenvalue weighted by molar-refractivity contribution is 6.30. The van der Waals surface area contributed by atoms with Gasteiger partial charge in [0.2, 0.25) is 5.91 Å². The average molecular weight is 295 g/mol. The lowest BCUT2D eigenvalue weighted by Crippen LogP contribution is -2.32. The van der Waals surface area contributed by atoms with Crippen LogP contribution < -0.4 is 10.1 Å². The predicted octanol–water partition coefficient (Wildman–Crippen LogP) is 2.18. The number of ether oxygens (including phenoxy) is 1. The summed E-state index contributed by atoms with van der Waals surface area (Å²) in [7, 11) is 1.60. The summed E-state index contributed by atoms with van der Waals surface area (Å²) in [6.07, 6.45) is 4.32. The summed E-state index contributed by atoms with van der Waals surface area (Å²) in [4.78, 5) is 14.0. The highest BCUT2D eigenvalue weighted by atomic mass is 35.5. The number of methoxy groups -OCH3 is 1. The van der Waals surface area contributed by atoms with E-state index in [4.69, 9.17) is 16.3 Å². The molecule has 2 rings (SSSR count). The van der Waals surface area contributed by atoms with Crippen LogP contribution in [-0.4, -0.2) is 44.1 Å². The first-order valence-electron chi connectivity index (χ1n) is 6.72. The van der Waals surface area contributed by atoms with Crippen molar-refractivity contribution in [1.29, 1.82) is 0 Å². The van der Waals surface area contributed by atoms with E-state index in [0.29, 0.717) is 10.8 Å². The van der Waals surface area contributed by atoms with Crippen LogP contribution >= 0.6 is 11.6 Å². The minimum Gasteiger partial charge on any atom is -0.496 e. The summed E-state index contributed by atoms with van der Waals surface area (Å²) in [6, 6.07) is 5.34. The predicted molar refractivity (Wildman–Crippen MR) is 81.1 cm³/mol. The molecule has 0 spiro atoms. The van der Waals surface area contributed by atoms with Gasteiger partial charge in [-0.15, -0.1) is 0 Å². The maximum Gasteiger partial charge on any atom is 0.246 e. The first-order chi connectivity index (χ1) is 9.70. The summed E-state index contributed by atoms with van der Waals surface area (Å²) in [6.45, 7) is 3.36. The van der Waals surface area contributed by atoms with Crippen molar-refractivity contribution in [2.24, 2.45) is 0 Å². The smallest absolute Gasteiger partial charge is 0.246 e. The van der Waals surface area contributed by atoms with Gasteiger partial charge in [-0.05, 0) is 37.2 Å². The number of rotatable bonds is 3. The molecular weight excluding hydrogens is 276 g/mol. The van der Waals surface area contributed by atoms with Crippen LogP contribution in [0.3, 0.4) is 0 Å². The van der Waals surface area contributed by atoms with Gasteiger partial charge < -0.3 is 15.0 Å². The lowest BCUT2D eigenvalue weighted by molar-refractivity contribution is -0.125. The summed E-state index contributed by atoms with van der Waals surface area (Å²) < 4.78 is 5.25. The van der Waals surface area contributed by atoms with E-state index < -0.39 is 0 Å². The van der Waals surface area contributed by atoms with E-state index in [9.17, 15) is 4.79 Å². The molecule has 0 radical (unpaired) electrons. The van der Waals surface area contributed by atoms with Gasteiger partial charge in [-0.25, -0.2) is 0 Å². The van der Waals surface area contributed by atoms with Crippen molar-refractivity contribution in [2.45, 2.75) is 6.42 Å². The van der Waals surface area contributed by atoms with Crippen LogP contribution in [0.1, 0.15) is 12.0 Å². The molecule has 108 valence electrons. The van der Waals surface area contributed by atoms with E-state index >= 15 is 0 Å². The molecule has 1 amide bonds. The summed E-state index contributed by atoms with van der Waals surface area (Å²) in [5.41, 5.74) is 0.807. The Balaban J connectivity index is 2.08. The van der Waals surface area contributed by atoms with Crippen molar-refractivity contribution in [2.75, 3.05) is 33.3 Å². The molecule has 0 aliphatic carbocycles. The van der Waals surface area contributed by atoms with Crippen molar-refractivity contribution in [3.63, 3.8) is 0 Å². The summed E-state index contributed by atoms with van der Waals surface area (Å²) in [5, 5.41) is 3.90. The molecule has 4 nitrogen and oxygen atoms in total. The van der Waals surface area contributed by atoms with Gasteiger partial charge in [-0.3, -0.25) is 4.79 Å². The van der Waals surface area contributed by atoms with Gasteiger partial charge in [-0.2, -0.15) is 0 Å². The topological polar surface area (TPSA) is 41.6 Å². The van der Waals surface area contributed by atoms with Gasteiger partial charge in [0.15, 0.2) is 0 Å². The van der Waals surface area contributed by atoms with Gasteiger partial charge in [0, 0.05) is 36.3 Å². The number of benzene rings is 1. The molecule has 5 heteroatoms. The molecular formula is C15H19ClN2O2. The van der Waals surface area contributed by atoms with E-state index in [0.717, 1.165) is 38.2 Å². The Kier molecular flexibility index (Phi) is 5.44. The fourth-order valence-electron chi connectivity index (χ4n) is 2.17. The van der Waals surface area contributed by atoms with Gasteiger partial charge in [0.1, 0.15) is 5.75 Å². The third-order valence-electron chi connectivity index (χ3n) is 3.25. The second-order valence-electron chi connectivity index (χ2n) is 4.65. The molecule has 0 atom stereocenters. The van der Waals surface area contributed by atoms with Crippen LogP contribution in [0.5, 0.6) is 5.75 Å². The standard InChI is InChI=1S/C15H19ClN2O2/c1-20-14-5-4-13(16)11-12(14)3-6-15(19)18-9-2-7-17-8-10-18/h3-6,11,17H,2,7-10H2,1H3. The lowest BCUT2D eigenvalue weighted by Gasteiger charge is -2.17. The van der Waals surface area contributed by atoms with Gasteiger partial charge >= 0.3 is 0 Å². The van der Waals surface area contributed by atoms with Crippen molar-refractivity contribution in [3.05, 3.63) is 34.9 Å². The number of carbonyl (C=O) groups is 1. The number of halogens is 1. The zero-order valence-corrected chi connectivity index (χ0v) is 12.3. The molecule has 0 aromatic heterocycles. The van der Waals surface area contributed by atoms with Crippen LogP contribution in [-0.2, 0) is 4.79 Å². The van der Waals surface area contributed by atoms with E-state index in [-0.39, 0.29) is 5.91 Å². The van der Waals surface area contributed by atoms with E-state index in [1.54, 1.807) is 37.5 Å². The largest absolute Gasteiger partial charge is 0.496 e. The van der Waals surface area contributed by atoms with Crippen LogP contribution in [0.4, 0.5) is 0 Å². The average Bonchev–Trinajstić information content (AvgIpc) is 2.74. The van der Waals surface area contributed by atoms with Crippen LogP contribution in [0.15, 0.2) is 24.3 Å². The van der Waals surface area contributed by atoms with Gasteiger partial charge in [0.25, 0.3) is 0 Å². The number of amides is 1. The quantitative estimate of drug-likeness (QED) is 0.869. The molecule has 20 heavy (non-hydrogen) atoms. The second kappa shape index (κ2) is 7.31. The molecule has 1 N–H and O–H groups in total. The number of nitrogens with zero attached hydrogens (tertiary/aromatic N) is 1. The van der Waals surface area contributed by atoms with E-state index in [1.165, 1.54) is 0 Å². The Labute approximate surface area is 124 Å². The number of nitrogens with one attached hydrogen (secondary N) is 1. The third-order valence-corrected chi connectivity index (χ3v) is 3.48. The van der Waals surface area contributed by atoms with Crippen molar-refractivity contribution >= 4 is 23.6 Å². The van der Waals surface area contributed by atoms with E-state index in [1.807, 2.05) is 4.90 Å². The van der Waals surface area contributed by atoms with Crippen LogP contribution in [0.2, 0.25) is 5.02 Å². The minimum atomic E-state index is 0.0238. The normalized spacial score (nSPS) is 16.2. The monoisotopic (exact) mass is 294 g/mol. The molecule has 1 saturated heterocycles. The Morgan fingerprint density at radius 3 is 3.05 bits per heavy atom. The zero-order valence-electron chi connectivity index (χ0n) is 11.6. The fraction of sp³-hybridized carbons (Fsp3) is 0.400. The van der Waals surface area contributed by atoms with Crippen LogP contribution in [0, 0.1) is 0 Å². The van der Waals surface area contributed by atoms with Gasteiger partial charge in [-0.1, -0.05) is 11.6 Å². The number of carbonyl (C=O) groups excluding carboxylic acids is 1. The molecule has 1 aliphatic heterocycles. The maximum atomic E-state index is 12.1. The molecule has 0 bridgehead atoms. The fourth-order valence-corrected chi connectivity index (χ4v) is 2.35. The first-order valence-corrected chi connectivity index (χ1v) is 7.10. The highest BCUT2D eigenvalue weighted by Gasteiger charge is 2.12. The Bertz CT molecular complexity index is 495. The maximum absolute atomic E-state index is 12.1. The Morgan fingerprint density at radius 1 is 1.40 bits per heavy atom. The lowest BCUT2D eigenvalue weighted by atomic mass is 10.2. The summed E-state index contributed by atoms with van der Waals surface area (Å²) >= 11 is 5.97. The molecule has 1 aliphatic rings. The molecule has 0 saturated carbocycles. The van der Waals surface area contributed by atoms with Crippen molar-refractivity contribution in [1.82, 2.24) is 10.2 Å². The zero-order chi connectivity index (χ0) is 14.4. The van der Waals surface area contributed by atoms with E-state index in [2.05, 4.69) is 5.32 Å². The molecule has 1 aromatic rings. The number of hydrogen-bond donors (Lipinski definition) is 1. The van der Waals surface area contributed by atoms with Gasteiger partial charge in [0.05, 0.1) is 7.11 Å². The highest BCUT2D eigenvalue weighted by Crippen LogP contribution is 2.23. The van der Waals surface area contributed by atoms with Crippen molar-refractivity contribution in [3.8, 4) is 5.75 Å². The second-order valence-corrected chi connectivity index (χ2v) is 5.08. The molecule has 1 fully saturated rings. The molecule has 1 heterocycles. The Hall–Kier alpha value is -1.52. The van der Waals surface area contributed by atoms with Crippen LogP contribution in [0.25, 0.3) is 6.08 Å². The number of hydrogen-bond acceptors (Lipinski definition) is 3. The molecule has 0 unspecified atom stereocenters. The third kappa shape index (κ3) is 3.99. The first kappa shape index (κ1) is 14.9. The minimum absolute atomic E-state index is 0.0238. The Morgan fingerprint density at radius 2 is 2.25 bits per heavy atom. The SMILES string of the molecule is COc1ccc(Cl)cc1C=CC(=O)N1CCCNCC1. The summed E-state index contributed by atoms with van der Waals surface area (Å²) in [5.74, 6) is 0.728.